The molecule has 0 aliphatic heterocycles. The molecule has 0 amide bonds. The highest BCUT2D eigenvalue weighted by Gasteiger charge is 2.53. The Labute approximate surface area is 74.6 Å². The average molecular weight is 193 g/mol. The minimum atomic E-state index is -2.01. The minimum Gasteiger partial charge on any atom is -0.349 e. The van der Waals surface area contributed by atoms with Crippen molar-refractivity contribution in [1.29, 1.82) is 0 Å². The topological polar surface area (TPSA) is 57.5 Å². The third-order valence-corrected chi connectivity index (χ3v) is 4.39. The first-order valence-corrected chi connectivity index (χ1v) is 5.46. The number of hydrogen-bond acceptors (Lipinski definition) is 3. The number of hydrogen-bond donors (Lipinski definition) is 2. The maximum atomic E-state index is 11.6. The van der Waals surface area contributed by atoms with Gasteiger partial charge >= 0.3 is 7.80 Å². The van der Waals surface area contributed by atoms with Crippen LogP contribution in [0.5, 0.6) is 0 Å². The number of rotatable bonds is 4. The predicted molar refractivity (Wildman–Crippen MR) is 49.4 cm³/mol. The maximum Gasteiger partial charge on any atom is 0.407 e. The van der Waals surface area contributed by atoms with Gasteiger partial charge in [-0.15, -0.1) is 0 Å². The molecule has 2 N–H and O–H groups in total. The molecule has 0 aromatic rings. The molecule has 0 aromatic heterocycles. The molecule has 3 nitrogen and oxygen atoms in total. The van der Waals surface area contributed by atoms with Gasteiger partial charge in [0.15, 0.2) is 0 Å². The van der Waals surface area contributed by atoms with Gasteiger partial charge in [0.05, 0.1) is 0 Å². The highest BCUT2D eigenvalue weighted by atomic mass is 31.1. The van der Waals surface area contributed by atoms with E-state index < -0.39 is 18.5 Å². The van der Waals surface area contributed by atoms with Gasteiger partial charge in [0, 0.05) is 26.7 Å². The van der Waals surface area contributed by atoms with Crippen LogP contribution >= 0.6 is 7.80 Å². The summed E-state index contributed by atoms with van der Waals surface area (Å²) in [7, 11) is -2.01. The molecule has 1 atom stereocenters. The van der Waals surface area contributed by atoms with E-state index in [1.165, 1.54) is 13.8 Å². The minimum absolute atomic E-state index is 0.405. The molecule has 0 heterocycles. The standard InChI is InChI=1S/C8H18O3P/c1-5-8(10,6-2)12(11)7(3,4)9/h9-10H,5-6H2,1-4H3/q+1. The van der Waals surface area contributed by atoms with Crippen LogP contribution in [0.3, 0.4) is 0 Å². The zero-order valence-electron chi connectivity index (χ0n) is 8.16. The maximum absolute atomic E-state index is 11.6. The lowest BCUT2D eigenvalue weighted by Crippen LogP contribution is -2.30. The predicted octanol–water partition coefficient (Wildman–Crippen LogP) is 2.05. The van der Waals surface area contributed by atoms with Gasteiger partial charge in [-0.05, 0) is 0 Å². The molecule has 0 saturated carbocycles. The van der Waals surface area contributed by atoms with Crippen molar-refractivity contribution in [2.24, 2.45) is 0 Å². The molecule has 1 unspecified atom stereocenters. The van der Waals surface area contributed by atoms with Gasteiger partial charge in [0.1, 0.15) is 0 Å². The molecular weight excluding hydrogens is 175 g/mol. The summed E-state index contributed by atoms with van der Waals surface area (Å²) < 4.78 is 11.6. The second-order valence-electron chi connectivity index (χ2n) is 3.48. The van der Waals surface area contributed by atoms with Crippen molar-refractivity contribution in [3.05, 3.63) is 0 Å². The molecule has 0 bridgehead atoms. The molecule has 0 aliphatic rings. The van der Waals surface area contributed by atoms with Gasteiger partial charge in [-0.1, -0.05) is 18.4 Å². The van der Waals surface area contributed by atoms with Crippen LogP contribution in [0.25, 0.3) is 0 Å². The van der Waals surface area contributed by atoms with Gasteiger partial charge in [-0.25, -0.2) is 0 Å². The van der Waals surface area contributed by atoms with E-state index in [4.69, 9.17) is 0 Å². The Morgan fingerprint density at radius 2 is 1.50 bits per heavy atom. The summed E-state index contributed by atoms with van der Waals surface area (Å²) in [5.74, 6) is 0. The summed E-state index contributed by atoms with van der Waals surface area (Å²) in [6.45, 7) is 6.45. The first-order valence-electron chi connectivity index (χ1n) is 4.20. The Hall–Kier alpha value is 0.0200. The van der Waals surface area contributed by atoms with Crippen LogP contribution in [0, 0.1) is 0 Å². The molecule has 0 aromatic carbocycles. The quantitative estimate of drug-likeness (QED) is 0.672. The highest BCUT2D eigenvalue weighted by molar-refractivity contribution is 7.47. The molecule has 0 saturated heterocycles. The Balaban J connectivity index is 4.66. The molecule has 0 aliphatic carbocycles. The molecule has 0 rings (SSSR count). The van der Waals surface area contributed by atoms with Crippen molar-refractivity contribution in [3.8, 4) is 0 Å². The molecule has 4 heteroatoms. The van der Waals surface area contributed by atoms with E-state index in [1.54, 1.807) is 13.8 Å². The largest absolute Gasteiger partial charge is 0.407 e. The zero-order chi connectivity index (χ0) is 9.99. The second kappa shape index (κ2) is 3.82. The van der Waals surface area contributed by atoms with E-state index >= 15 is 0 Å². The van der Waals surface area contributed by atoms with E-state index in [0.717, 1.165) is 0 Å². The zero-order valence-corrected chi connectivity index (χ0v) is 9.06. The van der Waals surface area contributed by atoms with Gasteiger partial charge in [-0.2, -0.15) is 0 Å². The second-order valence-corrected chi connectivity index (χ2v) is 5.99. The van der Waals surface area contributed by atoms with Crippen LogP contribution in [-0.4, -0.2) is 20.9 Å². The molecule has 12 heavy (non-hydrogen) atoms. The van der Waals surface area contributed by atoms with Crippen molar-refractivity contribution >= 4 is 7.80 Å². The molecular formula is C8H18O3P+. The molecule has 0 spiro atoms. The van der Waals surface area contributed by atoms with E-state index in [1.807, 2.05) is 0 Å². The lowest BCUT2D eigenvalue weighted by molar-refractivity contribution is 0.0937. The van der Waals surface area contributed by atoms with Crippen molar-refractivity contribution in [2.45, 2.75) is 51.2 Å². The first-order chi connectivity index (χ1) is 5.28. The van der Waals surface area contributed by atoms with Crippen molar-refractivity contribution in [1.82, 2.24) is 0 Å². The van der Waals surface area contributed by atoms with Crippen molar-refractivity contribution < 1.29 is 14.8 Å². The van der Waals surface area contributed by atoms with Gasteiger partial charge in [-0.3, -0.25) is 0 Å². The fraction of sp³-hybridized carbons (Fsp3) is 1.00. The monoisotopic (exact) mass is 193 g/mol. The van der Waals surface area contributed by atoms with Crippen molar-refractivity contribution in [2.75, 3.05) is 0 Å². The Morgan fingerprint density at radius 3 is 1.58 bits per heavy atom. The molecule has 0 fully saturated rings. The molecule has 72 valence electrons. The summed E-state index contributed by atoms with van der Waals surface area (Å²) in [6.07, 6.45) is 0.811. The van der Waals surface area contributed by atoms with Gasteiger partial charge in [0.2, 0.25) is 0 Å². The van der Waals surface area contributed by atoms with Crippen molar-refractivity contribution in [3.63, 3.8) is 0 Å². The first kappa shape index (κ1) is 12.0. The summed E-state index contributed by atoms with van der Waals surface area (Å²) in [5, 5.41) is 16.7. The van der Waals surface area contributed by atoms with Crippen LogP contribution < -0.4 is 0 Å². The summed E-state index contributed by atoms with van der Waals surface area (Å²) in [4.78, 5) is 0. The summed E-state index contributed by atoms with van der Waals surface area (Å²) in [6, 6.07) is 0. The van der Waals surface area contributed by atoms with E-state index in [9.17, 15) is 14.8 Å². The fourth-order valence-corrected chi connectivity index (χ4v) is 2.64. The lowest BCUT2D eigenvalue weighted by atomic mass is 10.2. The average Bonchev–Trinajstić information content (AvgIpc) is 2.00. The van der Waals surface area contributed by atoms with Gasteiger partial charge in [0.25, 0.3) is 10.7 Å². The third-order valence-electron chi connectivity index (χ3n) is 2.01. The Kier molecular flexibility index (Phi) is 3.83. The smallest absolute Gasteiger partial charge is 0.349 e. The van der Waals surface area contributed by atoms with E-state index in [-0.39, 0.29) is 0 Å². The van der Waals surface area contributed by atoms with Crippen LogP contribution in [0.2, 0.25) is 0 Å². The third kappa shape index (κ3) is 2.51. The van der Waals surface area contributed by atoms with E-state index in [0.29, 0.717) is 12.8 Å². The normalized spacial score (nSPS) is 14.7. The van der Waals surface area contributed by atoms with Crippen LogP contribution in [0.15, 0.2) is 0 Å². The van der Waals surface area contributed by atoms with Crippen LogP contribution in [0.4, 0.5) is 0 Å². The van der Waals surface area contributed by atoms with Crippen LogP contribution in [-0.2, 0) is 4.57 Å². The summed E-state index contributed by atoms with van der Waals surface area (Å²) in [5.41, 5.74) is 0. The number of aliphatic hydroxyl groups is 2. The fourth-order valence-electron chi connectivity index (χ4n) is 1.05. The SMILES string of the molecule is CCC(O)(CC)[P+](=O)C(C)(C)O. The lowest BCUT2D eigenvalue weighted by Gasteiger charge is -2.18. The van der Waals surface area contributed by atoms with E-state index in [2.05, 4.69) is 0 Å². The van der Waals surface area contributed by atoms with Gasteiger partial charge < -0.3 is 10.2 Å². The van der Waals surface area contributed by atoms with Crippen LogP contribution in [0.1, 0.15) is 40.5 Å². The Morgan fingerprint density at radius 1 is 1.17 bits per heavy atom. The molecule has 0 radical (unpaired) electrons. The summed E-state index contributed by atoms with van der Waals surface area (Å²) >= 11 is 0. The Bertz CT molecular complexity index is 168. The highest BCUT2D eigenvalue weighted by Crippen LogP contribution is 2.50.